The van der Waals surface area contributed by atoms with Crippen LogP contribution in [0.4, 0.5) is 5.82 Å². The average molecular weight is 259 g/mol. The molecule has 0 saturated heterocycles. The van der Waals surface area contributed by atoms with Crippen LogP contribution in [0.3, 0.4) is 0 Å². The van der Waals surface area contributed by atoms with Crippen LogP contribution in [0, 0.1) is 0 Å². The molecule has 5 nitrogen and oxygen atoms in total. The maximum Gasteiger partial charge on any atom is 0.218 e. The van der Waals surface area contributed by atoms with E-state index in [-0.39, 0.29) is 0 Å². The lowest BCUT2D eigenvalue weighted by molar-refractivity contribution is 0.326. The van der Waals surface area contributed by atoms with Gasteiger partial charge in [0.2, 0.25) is 5.88 Å². The van der Waals surface area contributed by atoms with Gasteiger partial charge in [-0.1, -0.05) is 18.2 Å². The van der Waals surface area contributed by atoms with Crippen LogP contribution in [0.2, 0.25) is 0 Å². The molecule has 0 unspecified atom stereocenters. The van der Waals surface area contributed by atoms with Gasteiger partial charge in [-0.2, -0.15) is 0 Å². The first-order chi connectivity index (χ1) is 9.33. The van der Waals surface area contributed by atoms with Crippen LogP contribution in [-0.4, -0.2) is 23.7 Å². The molecule has 0 aliphatic heterocycles. The highest BCUT2D eigenvalue weighted by Crippen LogP contribution is 2.19. The minimum absolute atomic E-state index is 0.569. The van der Waals surface area contributed by atoms with Crippen molar-refractivity contribution in [2.24, 2.45) is 0 Å². The fourth-order valence-corrected chi connectivity index (χ4v) is 1.70. The number of methoxy groups -OCH3 is 1. The van der Waals surface area contributed by atoms with Crippen LogP contribution in [0.5, 0.6) is 11.6 Å². The second-order valence-corrected chi connectivity index (χ2v) is 3.84. The Morgan fingerprint density at radius 3 is 2.84 bits per heavy atom. The molecule has 19 heavy (non-hydrogen) atoms. The number of anilines is 1. The zero-order chi connectivity index (χ0) is 13.5. The van der Waals surface area contributed by atoms with Crippen molar-refractivity contribution in [2.75, 3.05) is 19.0 Å². The number of nitrogens with one attached hydrogen (secondary N) is 1. The second-order valence-electron chi connectivity index (χ2n) is 3.84. The Hall–Kier alpha value is -2.30. The number of ether oxygens (including phenoxy) is 2. The molecule has 0 atom stereocenters. The van der Waals surface area contributed by atoms with E-state index in [1.165, 1.54) is 6.33 Å². The lowest BCUT2D eigenvalue weighted by atomic mass is 10.2. The Morgan fingerprint density at radius 1 is 1.21 bits per heavy atom. The molecular weight excluding hydrogens is 242 g/mol. The molecule has 2 rings (SSSR count). The van der Waals surface area contributed by atoms with Crippen LogP contribution in [0.1, 0.15) is 12.5 Å². The molecule has 1 N–H and O–H groups in total. The van der Waals surface area contributed by atoms with E-state index < -0.39 is 0 Å². The summed E-state index contributed by atoms with van der Waals surface area (Å²) in [4.78, 5) is 8.17. The van der Waals surface area contributed by atoms with E-state index in [0.717, 1.165) is 17.1 Å². The summed E-state index contributed by atoms with van der Waals surface area (Å²) in [5.74, 6) is 2.15. The van der Waals surface area contributed by atoms with Crippen molar-refractivity contribution < 1.29 is 9.47 Å². The zero-order valence-corrected chi connectivity index (χ0v) is 11.1. The number of hydrogen-bond donors (Lipinski definition) is 1. The van der Waals surface area contributed by atoms with Crippen LogP contribution >= 0.6 is 0 Å². The van der Waals surface area contributed by atoms with Crippen molar-refractivity contribution in [3.63, 3.8) is 0 Å². The van der Waals surface area contributed by atoms with E-state index in [4.69, 9.17) is 9.47 Å². The molecule has 0 aliphatic rings. The van der Waals surface area contributed by atoms with E-state index in [1.807, 2.05) is 31.2 Å². The van der Waals surface area contributed by atoms with Crippen LogP contribution in [0.25, 0.3) is 0 Å². The number of aromatic nitrogens is 2. The molecule has 0 fully saturated rings. The quantitative estimate of drug-likeness (QED) is 0.863. The molecule has 0 bridgehead atoms. The Kier molecular flexibility index (Phi) is 4.55. The monoisotopic (exact) mass is 259 g/mol. The summed E-state index contributed by atoms with van der Waals surface area (Å²) >= 11 is 0. The van der Waals surface area contributed by atoms with Crippen LogP contribution < -0.4 is 14.8 Å². The van der Waals surface area contributed by atoms with Crippen molar-refractivity contribution in [1.82, 2.24) is 9.97 Å². The molecule has 100 valence electrons. The third-order valence-corrected chi connectivity index (χ3v) is 2.59. The van der Waals surface area contributed by atoms with Crippen molar-refractivity contribution in [2.45, 2.75) is 13.5 Å². The third kappa shape index (κ3) is 3.58. The highest BCUT2D eigenvalue weighted by atomic mass is 16.5. The number of rotatable bonds is 6. The van der Waals surface area contributed by atoms with Crippen LogP contribution in [-0.2, 0) is 6.54 Å². The molecule has 0 radical (unpaired) electrons. The summed E-state index contributed by atoms with van der Waals surface area (Å²) in [6, 6.07) is 9.64. The smallest absolute Gasteiger partial charge is 0.218 e. The highest BCUT2D eigenvalue weighted by molar-refractivity contribution is 5.41. The van der Waals surface area contributed by atoms with E-state index in [9.17, 15) is 0 Å². The van der Waals surface area contributed by atoms with Crippen LogP contribution in [0.15, 0.2) is 36.7 Å². The predicted molar refractivity (Wildman–Crippen MR) is 73.5 cm³/mol. The molecule has 5 heteroatoms. The first-order valence-corrected chi connectivity index (χ1v) is 6.14. The van der Waals surface area contributed by atoms with Gasteiger partial charge in [0, 0.05) is 18.2 Å². The molecule has 0 spiro atoms. The van der Waals surface area contributed by atoms with E-state index in [2.05, 4.69) is 15.3 Å². The summed E-state index contributed by atoms with van der Waals surface area (Å²) in [5.41, 5.74) is 1.07. The first kappa shape index (κ1) is 13.1. The van der Waals surface area contributed by atoms with Gasteiger partial charge in [0.15, 0.2) is 0 Å². The van der Waals surface area contributed by atoms with Gasteiger partial charge in [0.1, 0.15) is 17.9 Å². The Bertz CT molecular complexity index is 532. The normalized spacial score (nSPS) is 10.0. The van der Waals surface area contributed by atoms with E-state index >= 15 is 0 Å². The second kappa shape index (κ2) is 6.58. The lowest BCUT2D eigenvalue weighted by Gasteiger charge is -2.10. The molecular formula is C14H17N3O2. The summed E-state index contributed by atoms with van der Waals surface area (Å²) in [7, 11) is 1.66. The largest absolute Gasteiger partial charge is 0.496 e. The zero-order valence-electron chi connectivity index (χ0n) is 11.1. The van der Waals surface area contributed by atoms with E-state index in [0.29, 0.717) is 19.0 Å². The highest BCUT2D eigenvalue weighted by Gasteiger charge is 2.03. The summed E-state index contributed by atoms with van der Waals surface area (Å²) < 4.78 is 10.6. The molecule has 2 aromatic rings. The molecule has 1 aromatic heterocycles. The summed E-state index contributed by atoms with van der Waals surface area (Å²) in [5, 5.41) is 3.22. The van der Waals surface area contributed by atoms with Gasteiger partial charge < -0.3 is 14.8 Å². The molecule has 1 heterocycles. The van der Waals surface area contributed by atoms with Gasteiger partial charge in [0.05, 0.1) is 13.7 Å². The van der Waals surface area contributed by atoms with Gasteiger partial charge in [-0.05, 0) is 13.0 Å². The maximum atomic E-state index is 5.33. The third-order valence-electron chi connectivity index (χ3n) is 2.59. The fourth-order valence-electron chi connectivity index (χ4n) is 1.70. The number of nitrogens with zero attached hydrogens (tertiary/aromatic N) is 2. The molecule has 0 aliphatic carbocycles. The average Bonchev–Trinajstić information content (AvgIpc) is 2.46. The maximum absolute atomic E-state index is 5.33. The molecule has 1 aromatic carbocycles. The number of para-hydroxylation sites is 1. The Labute approximate surface area is 112 Å². The lowest BCUT2D eigenvalue weighted by Crippen LogP contribution is -2.04. The SMILES string of the molecule is CCOc1cc(NCc2ccccc2OC)ncn1. The standard InChI is InChI=1S/C14H17N3O2/c1-3-19-14-8-13(16-10-17-14)15-9-11-6-4-5-7-12(11)18-2/h4-8,10H,3,9H2,1-2H3,(H,15,16,17). The minimum Gasteiger partial charge on any atom is -0.496 e. The number of benzene rings is 1. The van der Waals surface area contributed by atoms with Crippen molar-refractivity contribution >= 4 is 5.82 Å². The van der Waals surface area contributed by atoms with Crippen molar-refractivity contribution in [1.29, 1.82) is 0 Å². The van der Waals surface area contributed by atoms with Gasteiger partial charge in [-0.3, -0.25) is 0 Å². The number of hydrogen-bond acceptors (Lipinski definition) is 5. The first-order valence-electron chi connectivity index (χ1n) is 6.14. The van der Waals surface area contributed by atoms with Gasteiger partial charge in [-0.25, -0.2) is 9.97 Å². The Morgan fingerprint density at radius 2 is 2.05 bits per heavy atom. The van der Waals surface area contributed by atoms with E-state index in [1.54, 1.807) is 13.2 Å². The van der Waals surface area contributed by atoms with Gasteiger partial charge in [0.25, 0.3) is 0 Å². The van der Waals surface area contributed by atoms with Gasteiger partial charge >= 0.3 is 0 Å². The summed E-state index contributed by atoms with van der Waals surface area (Å²) in [6.45, 7) is 3.14. The molecule has 0 amide bonds. The minimum atomic E-state index is 0.569. The summed E-state index contributed by atoms with van der Waals surface area (Å²) in [6.07, 6.45) is 1.48. The Balaban J connectivity index is 2.03. The topological polar surface area (TPSA) is 56.3 Å². The fraction of sp³-hybridized carbons (Fsp3) is 0.286. The van der Waals surface area contributed by atoms with Crippen molar-refractivity contribution in [3.8, 4) is 11.6 Å². The molecule has 0 saturated carbocycles. The van der Waals surface area contributed by atoms with Gasteiger partial charge in [-0.15, -0.1) is 0 Å². The van der Waals surface area contributed by atoms with Crippen molar-refractivity contribution in [3.05, 3.63) is 42.2 Å². The predicted octanol–water partition coefficient (Wildman–Crippen LogP) is 2.50.